The lowest BCUT2D eigenvalue weighted by molar-refractivity contribution is -0.132. The lowest BCUT2D eigenvalue weighted by atomic mass is 10.0. The summed E-state index contributed by atoms with van der Waals surface area (Å²) in [5, 5.41) is 18.5. The summed E-state index contributed by atoms with van der Waals surface area (Å²) in [5.41, 5.74) is 0.904. The molecule has 0 spiro atoms. The first-order valence-electron chi connectivity index (χ1n) is 11.5. The van der Waals surface area contributed by atoms with E-state index in [1.54, 1.807) is 23.5 Å². The van der Waals surface area contributed by atoms with Crippen LogP contribution in [0.4, 0.5) is 0 Å². The van der Waals surface area contributed by atoms with E-state index in [4.69, 9.17) is 0 Å². The van der Waals surface area contributed by atoms with Gasteiger partial charge in [-0.3, -0.25) is 14.4 Å². The van der Waals surface area contributed by atoms with Gasteiger partial charge in [0.2, 0.25) is 17.7 Å². The number of aliphatic hydroxyl groups excluding tert-OH is 1. The molecular formula is C24H39N3O4S2. The maximum atomic E-state index is 13.3. The van der Waals surface area contributed by atoms with Gasteiger partial charge in [0.25, 0.3) is 0 Å². The van der Waals surface area contributed by atoms with Crippen LogP contribution in [0.1, 0.15) is 46.6 Å². The molecule has 1 aromatic carbocycles. The van der Waals surface area contributed by atoms with Crippen LogP contribution in [0.5, 0.6) is 0 Å². The molecule has 0 aliphatic heterocycles. The third kappa shape index (κ3) is 11.3. The lowest BCUT2D eigenvalue weighted by Crippen LogP contribution is -2.57. The molecule has 0 aliphatic carbocycles. The van der Waals surface area contributed by atoms with Crippen molar-refractivity contribution in [2.45, 2.75) is 70.2 Å². The van der Waals surface area contributed by atoms with Gasteiger partial charge in [0.15, 0.2) is 0 Å². The molecule has 1 aromatic rings. The van der Waals surface area contributed by atoms with Crippen LogP contribution in [0.25, 0.3) is 0 Å². The average molecular weight is 498 g/mol. The first-order valence-corrected chi connectivity index (χ1v) is 13.6. The molecule has 1 rings (SSSR count). The fourth-order valence-corrected chi connectivity index (χ4v) is 6.00. The first-order chi connectivity index (χ1) is 15.7. The molecule has 3 amide bonds. The Morgan fingerprint density at radius 1 is 0.909 bits per heavy atom. The number of carbonyl (C=O) groups is 3. The fraction of sp³-hybridized carbons (Fsp3) is 0.625. The molecule has 9 heteroatoms. The fourth-order valence-electron chi connectivity index (χ4n) is 3.37. The maximum Gasteiger partial charge on any atom is 0.243 e. The third-order valence-electron chi connectivity index (χ3n) is 4.83. The summed E-state index contributed by atoms with van der Waals surface area (Å²) in [7, 11) is 0. The Morgan fingerprint density at radius 3 is 1.97 bits per heavy atom. The summed E-state index contributed by atoms with van der Waals surface area (Å²) in [6.45, 7) is 9.21. The van der Waals surface area contributed by atoms with Gasteiger partial charge in [-0.1, -0.05) is 58.0 Å². The molecule has 0 saturated heterocycles. The Morgan fingerprint density at radius 2 is 1.48 bits per heavy atom. The van der Waals surface area contributed by atoms with Gasteiger partial charge in [-0.25, -0.2) is 0 Å². The van der Waals surface area contributed by atoms with Gasteiger partial charge in [-0.05, 0) is 29.4 Å². The van der Waals surface area contributed by atoms with Gasteiger partial charge in [-0.15, -0.1) is 23.5 Å². The minimum atomic E-state index is -0.837. The molecule has 0 aliphatic rings. The van der Waals surface area contributed by atoms with Gasteiger partial charge >= 0.3 is 0 Å². The zero-order valence-electron chi connectivity index (χ0n) is 20.3. The summed E-state index contributed by atoms with van der Waals surface area (Å²) < 4.78 is 0.00935. The van der Waals surface area contributed by atoms with E-state index in [-0.39, 0.29) is 28.9 Å². The molecule has 0 aromatic heterocycles. The minimum absolute atomic E-state index is 0.00935. The average Bonchev–Trinajstić information content (AvgIpc) is 2.76. The highest BCUT2D eigenvalue weighted by molar-refractivity contribution is 8.17. The highest BCUT2D eigenvalue weighted by Gasteiger charge is 2.30. The highest BCUT2D eigenvalue weighted by atomic mass is 32.2. The van der Waals surface area contributed by atoms with Crippen molar-refractivity contribution in [2.24, 2.45) is 5.92 Å². The van der Waals surface area contributed by atoms with E-state index in [2.05, 4.69) is 16.0 Å². The number of benzene rings is 1. The Balaban J connectivity index is 3.07. The van der Waals surface area contributed by atoms with Crippen LogP contribution in [0.3, 0.4) is 0 Å². The molecule has 3 atom stereocenters. The summed E-state index contributed by atoms with van der Waals surface area (Å²) in [4.78, 5) is 38.0. The number of carbonyl (C=O) groups excluding carboxylic acids is 3. The third-order valence-corrected chi connectivity index (χ3v) is 7.63. The van der Waals surface area contributed by atoms with Crippen LogP contribution in [0.2, 0.25) is 0 Å². The Bertz CT molecular complexity index is 728. The molecule has 0 bridgehead atoms. The second-order valence-corrected chi connectivity index (χ2v) is 11.3. The van der Waals surface area contributed by atoms with Crippen LogP contribution >= 0.6 is 23.5 Å². The molecule has 0 unspecified atom stereocenters. The van der Waals surface area contributed by atoms with E-state index in [1.165, 1.54) is 6.92 Å². The van der Waals surface area contributed by atoms with Crippen LogP contribution in [-0.2, 0) is 20.8 Å². The predicted octanol–water partition coefficient (Wildman–Crippen LogP) is 2.57. The van der Waals surface area contributed by atoms with Crippen molar-refractivity contribution in [1.82, 2.24) is 16.0 Å². The number of aliphatic hydroxyl groups is 1. The van der Waals surface area contributed by atoms with E-state index in [9.17, 15) is 19.5 Å². The number of rotatable bonds is 15. The zero-order valence-corrected chi connectivity index (χ0v) is 21.9. The van der Waals surface area contributed by atoms with E-state index >= 15 is 0 Å². The number of thioether (sulfide) groups is 2. The van der Waals surface area contributed by atoms with Crippen molar-refractivity contribution in [2.75, 3.05) is 18.1 Å². The van der Waals surface area contributed by atoms with E-state index in [1.807, 2.05) is 58.0 Å². The molecule has 0 saturated carbocycles. The van der Waals surface area contributed by atoms with E-state index < -0.39 is 24.0 Å². The monoisotopic (exact) mass is 497 g/mol. The highest BCUT2D eigenvalue weighted by Crippen LogP contribution is 2.26. The van der Waals surface area contributed by atoms with Gasteiger partial charge in [0.05, 0.1) is 17.2 Å². The van der Waals surface area contributed by atoms with Gasteiger partial charge in [0.1, 0.15) is 12.1 Å². The Kier molecular flexibility index (Phi) is 14.2. The summed E-state index contributed by atoms with van der Waals surface area (Å²) >= 11 is 3.35. The van der Waals surface area contributed by atoms with Crippen molar-refractivity contribution in [1.29, 1.82) is 0 Å². The quantitative estimate of drug-likeness (QED) is 0.278. The maximum absolute atomic E-state index is 13.3. The van der Waals surface area contributed by atoms with Crippen LogP contribution in [0.15, 0.2) is 30.3 Å². The Labute approximate surface area is 206 Å². The topological polar surface area (TPSA) is 108 Å². The van der Waals surface area contributed by atoms with Crippen molar-refractivity contribution in [3.63, 3.8) is 0 Å². The van der Waals surface area contributed by atoms with Crippen molar-refractivity contribution in [3.05, 3.63) is 35.9 Å². The second kappa shape index (κ2) is 16.0. The lowest BCUT2D eigenvalue weighted by Gasteiger charge is -2.28. The largest absolute Gasteiger partial charge is 0.394 e. The number of amides is 3. The number of hydrogen-bond acceptors (Lipinski definition) is 6. The molecule has 7 nitrogen and oxygen atoms in total. The summed E-state index contributed by atoms with van der Waals surface area (Å²) in [5.74, 6) is 0.875. The van der Waals surface area contributed by atoms with Crippen LogP contribution in [0, 0.1) is 5.92 Å². The van der Waals surface area contributed by atoms with Gasteiger partial charge in [-0.2, -0.15) is 0 Å². The molecule has 33 heavy (non-hydrogen) atoms. The van der Waals surface area contributed by atoms with Crippen LogP contribution < -0.4 is 16.0 Å². The van der Waals surface area contributed by atoms with Gasteiger partial charge in [0, 0.05) is 13.3 Å². The number of nitrogens with one attached hydrogen (secondary N) is 3. The smallest absolute Gasteiger partial charge is 0.243 e. The first kappa shape index (κ1) is 29.3. The molecule has 0 fully saturated rings. The van der Waals surface area contributed by atoms with E-state index in [0.29, 0.717) is 12.8 Å². The predicted molar refractivity (Wildman–Crippen MR) is 138 cm³/mol. The molecule has 0 radical (unpaired) electrons. The zero-order chi connectivity index (χ0) is 24.8. The Hall–Kier alpha value is -1.71. The van der Waals surface area contributed by atoms with Crippen molar-refractivity contribution >= 4 is 41.2 Å². The van der Waals surface area contributed by atoms with Crippen LogP contribution in [-0.4, -0.2) is 63.6 Å². The second-order valence-electron chi connectivity index (χ2n) is 8.21. The standard InChI is InChI=1S/C24H39N3O4S2/c1-6-32-24(33-7-2)21(15-28)27-23(31)20(14-18-11-9-8-10-12-18)26-22(30)19(13-16(3)4)25-17(5)29/h8-12,16,19-21,24,28H,6-7,13-15H2,1-5H3,(H,25,29)(H,26,30)(H,27,31)/t19-,20-,21-/m0/s1. The summed E-state index contributed by atoms with van der Waals surface area (Å²) in [6.07, 6.45) is 0.768. The van der Waals surface area contributed by atoms with Crippen molar-refractivity contribution in [3.8, 4) is 0 Å². The molecule has 186 valence electrons. The molecule has 0 heterocycles. The summed E-state index contributed by atoms with van der Waals surface area (Å²) in [6, 6.07) is 7.46. The van der Waals surface area contributed by atoms with Crippen molar-refractivity contribution < 1.29 is 19.5 Å². The SMILES string of the molecule is CCSC(SCC)[C@H](CO)NC(=O)[C@H](Cc1ccccc1)NC(=O)[C@H](CC(C)C)NC(C)=O. The minimum Gasteiger partial charge on any atom is -0.394 e. The number of hydrogen-bond donors (Lipinski definition) is 4. The normalized spacial score (nSPS) is 13.9. The molecule has 4 N–H and O–H groups in total. The molecular weight excluding hydrogens is 458 g/mol. The van der Waals surface area contributed by atoms with E-state index in [0.717, 1.165) is 17.1 Å². The van der Waals surface area contributed by atoms with Gasteiger partial charge < -0.3 is 21.1 Å².